The Bertz CT molecular complexity index is 252. The number of nitrogens with one attached hydrogen (secondary N) is 1. The lowest BCUT2D eigenvalue weighted by atomic mass is 10.1. The zero-order valence-corrected chi connectivity index (χ0v) is 11.6. The van der Waals surface area contributed by atoms with Crippen LogP contribution in [0.5, 0.6) is 0 Å². The lowest BCUT2D eigenvalue weighted by molar-refractivity contribution is -0.146. The van der Waals surface area contributed by atoms with E-state index >= 15 is 0 Å². The van der Waals surface area contributed by atoms with Crippen molar-refractivity contribution < 1.29 is 9.53 Å². The van der Waals surface area contributed by atoms with E-state index in [0.717, 1.165) is 19.5 Å². The van der Waals surface area contributed by atoms with Gasteiger partial charge in [0, 0.05) is 25.6 Å². The van der Waals surface area contributed by atoms with Gasteiger partial charge in [-0.2, -0.15) is 0 Å². The molecule has 0 unspecified atom stereocenters. The predicted molar refractivity (Wildman–Crippen MR) is 69.0 cm³/mol. The highest BCUT2D eigenvalue weighted by Crippen LogP contribution is 2.17. The van der Waals surface area contributed by atoms with E-state index in [1.54, 1.807) is 0 Å². The first-order chi connectivity index (χ1) is 7.91. The number of hydrogen-bond acceptors (Lipinski definition) is 3. The van der Waals surface area contributed by atoms with Crippen LogP contribution in [0, 0.1) is 0 Å². The van der Waals surface area contributed by atoms with Gasteiger partial charge in [0.05, 0.1) is 12.2 Å². The van der Waals surface area contributed by atoms with Crippen LogP contribution in [0.4, 0.5) is 0 Å². The quantitative estimate of drug-likeness (QED) is 0.741. The summed E-state index contributed by atoms with van der Waals surface area (Å²) in [6.45, 7) is 11.3. The molecule has 0 aromatic carbocycles. The lowest BCUT2D eigenvalue weighted by Gasteiger charge is -2.38. The molecule has 4 nitrogen and oxygen atoms in total. The molecular formula is C13H26N2O2. The van der Waals surface area contributed by atoms with Gasteiger partial charge in [0.25, 0.3) is 0 Å². The number of rotatable bonds is 5. The van der Waals surface area contributed by atoms with Crippen molar-refractivity contribution in [2.24, 2.45) is 0 Å². The molecule has 0 spiro atoms. The number of nitrogens with zero attached hydrogens (tertiary/aromatic N) is 1. The standard InChI is InChI=1S/C13H26N2O2/c1-11(2)14-7-5-6-12(16)15-8-9-17-13(3,4)10-15/h11,14H,5-10H2,1-4H3. The third-order valence-electron chi connectivity index (χ3n) is 2.90. The summed E-state index contributed by atoms with van der Waals surface area (Å²) in [6, 6.07) is 0.493. The van der Waals surface area contributed by atoms with Gasteiger partial charge in [0.2, 0.25) is 5.91 Å². The Morgan fingerprint density at radius 1 is 1.47 bits per heavy atom. The third-order valence-corrected chi connectivity index (χ3v) is 2.90. The number of carbonyl (C=O) groups excluding carboxylic acids is 1. The van der Waals surface area contributed by atoms with E-state index in [-0.39, 0.29) is 11.5 Å². The largest absolute Gasteiger partial charge is 0.372 e. The molecule has 0 aliphatic carbocycles. The van der Waals surface area contributed by atoms with Gasteiger partial charge in [-0.05, 0) is 26.8 Å². The highest BCUT2D eigenvalue weighted by atomic mass is 16.5. The predicted octanol–water partition coefficient (Wildman–Crippen LogP) is 1.40. The van der Waals surface area contributed by atoms with Crippen molar-refractivity contribution in [3.8, 4) is 0 Å². The number of hydrogen-bond donors (Lipinski definition) is 1. The molecule has 1 fully saturated rings. The number of morpholine rings is 1. The lowest BCUT2D eigenvalue weighted by Crippen LogP contribution is -2.50. The molecular weight excluding hydrogens is 216 g/mol. The minimum atomic E-state index is -0.190. The second kappa shape index (κ2) is 6.36. The molecule has 0 aromatic heterocycles. The van der Waals surface area contributed by atoms with Crippen LogP contribution in [0.3, 0.4) is 0 Å². The maximum absolute atomic E-state index is 12.0. The van der Waals surface area contributed by atoms with Crippen molar-refractivity contribution >= 4 is 5.91 Å². The molecule has 4 heteroatoms. The van der Waals surface area contributed by atoms with Crippen molar-refractivity contribution in [2.75, 3.05) is 26.2 Å². The maximum atomic E-state index is 12.0. The van der Waals surface area contributed by atoms with Crippen molar-refractivity contribution in [3.63, 3.8) is 0 Å². The molecule has 0 bridgehead atoms. The van der Waals surface area contributed by atoms with Crippen molar-refractivity contribution in [3.05, 3.63) is 0 Å². The number of carbonyl (C=O) groups is 1. The summed E-state index contributed by atoms with van der Waals surface area (Å²) in [6.07, 6.45) is 1.55. The van der Waals surface area contributed by atoms with E-state index in [1.165, 1.54) is 0 Å². The Morgan fingerprint density at radius 3 is 2.76 bits per heavy atom. The van der Waals surface area contributed by atoms with Crippen LogP contribution in [-0.4, -0.2) is 48.7 Å². The Hall–Kier alpha value is -0.610. The average Bonchev–Trinajstić information content (AvgIpc) is 2.22. The highest BCUT2D eigenvalue weighted by Gasteiger charge is 2.29. The van der Waals surface area contributed by atoms with Crippen LogP contribution in [0.2, 0.25) is 0 Å². The minimum absolute atomic E-state index is 0.190. The topological polar surface area (TPSA) is 41.6 Å². The van der Waals surface area contributed by atoms with E-state index in [1.807, 2.05) is 18.7 Å². The van der Waals surface area contributed by atoms with Crippen molar-refractivity contribution in [2.45, 2.75) is 52.2 Å². The van der Waals surface area contributed by atoms with Gasteiger partial charge in [-0.25, -0.2) is 0 Å². The second-order valence-electron chi connectivity index (χ2n) is 5.64. The van der Waals surface area contributed by atoms with Crippen LogP contribution >= 0.6 is 0 Å². The Balaban J connectivity index is 2.23. The monoisotopic (exact) mass is 242 g/mol. The number of ether oxygens (including phenoxy) is 1. The first kappa shape index (κ1) is 14.5. The van der Waals surface area contributed by atoms with Crippen LogP contribution in [-0.2, 0) is 9.53 Å². The fourth-order valence-electron chi connectivity index (χ4n) is 2.02. The van der Waals surface area contributed by atoms with Gasteiger partial charge in [-0.15, -0.1) is 0 Å². The average molecular weight is 242 g/mol. The van der Waals surface area contributed by atoms with E-state index in [4.69, 9.17) is 4.74 Å². The van der Waals surface area contributed by atoms with Gasteiger partial charge >= 0.3 is 0 Å². The van der Waals surface area contributed by atoms with Crippen molar-refractivity contribution in [1.82, 2.24) is 10.2 Å². The van der Waals surface area contributed by atoms with Gasteiger partial charge in [0.1, 0.15) is 0 Å². The fourth-order valence-corrected chi connectivity index (χ4v) is 2.02. The van der Waals surface area contributed by atoms with Gasteiger partial charge < -0.3 is 15.0 Å². The molecule has 0 saturated carbocycles. The molecule has 1 heterocycles. The van der Waals surface area contributed by atoms with E-state index in [9.17, 15) is 4.79 Å². The van der Waals surface area contributed by atoms with Crippen LogP contribution in [0.1, 0.15) is 40.5 Å². The molecule has 0 atom stereocenters. The Morgan fingerprint density at radius 2 is 2.18 bits per heavy atom. The summed E-state index contributed by atoms with van der Waals surface area (Å²) >= 11 is 0. The fraction of sp³-hybridized carbons (Fsp3) is 0.923. The summed E-state index contributed by atoms with van der Waals surface area (Å²) < 4.78 is 5.60. The van der Waals surface area contributed by atoms with Crippen molar-refractivity contribution in [1.29, 1.82) is 0 Å². The second-order valence-corrected chi connectivity index (χ2v) is 5.64. The van der Waals surface area contributed by atoms with Gasteiger partial charge in [-0.1, -0.05) is 13.8 Å². The molecule has 1 saturated heterocycles. The molecule has 1 aliphatic heterocycles. The smallest absolute Gasteiger partial charge is 0.222 e. The molecule has 100 valence electrons. The molecule has 0 aromatic rings. The van der Waals surface area contributed by atoms with Gasteiger partial charge in [0.15, 0.2) is 0 Å². The zero-order chi connectivity index (χ0) is 12.9. The number of amides is 1. The van der Waals surface area contributed by atoms with Crippen LogP contribution in [0.15, 0.2) is 0 Å². The summed E-state index contributed by atoms with van der Waals surface area (Å²) in [5.74, 6) is 0.256. The zero-order valence-electron chi connectivity index (χ0n) is 11.6. The van der Waals surface area contributed by atoms with E-state index < -0.39 is 0 Å². The summed E-state index contributed by atoms with van der Waals surface area (Å²) in [5.41, 5.74) is -0.190. The van der Waals surface area contributed by atoms with Gasteiger partial charge in [-0.3, -0.25) is 4.79 Å². The van der Waals surface area contributed by atoms with E-state index in [2.05, 4.69) is 19.2 Å². The third kappa shape index (κ3) is 5.50. The molecule has 1 N–H and O–H groups in total. The molecule has 17 heavy (non-hydrogen) atoms. The normalized spacial score (nSPS) is 19.7. The Labute approximate surface area is 105 Å². The molecule has 1 aliphatic rings. The van der Waals surface area contributed by atoms with E-state index in [0.29, 0.717) is 25.6 Å². The SMILES string of the molecule is CC(C)NCCCC(=O)N1CCOC(C)(C)C1. The molecule has 1 rings (SSSR count). The van der Waals surface area contributed by atoms with Crippen LogP contribution < -0.4 is 5.32 Å². The first-order valence-electron chi connectivity index (χ1n) is 6.56. The Kier molecular flexibility index (Phi) is 5.40. The first-order valence-corrected chi connectivity index (χ1v) is 6.56. The summed E-state index contributed by atoms with van der Waals surface area (Å²) in [7, 11) is 0. The maximum Gasteiger partial charge on any atom is 0.222 e. The summed E-state index contributed by atoms with van der Waals surface area (Å²) in [5, 5.41) is 3.32. The highest BCUT2D eigenvalue weighted by molar-refractivity contribution is 5.76. The minimum Gasteiger partial charge on any atom is -0.372 e. The summed E-state index contributed by atoms with van der Waals surface area (Å²) in [4.78, 5) is 13.9. The molecule has 1 amide bonds. The molecule has 0 radical (unpaired) electrons. The van der Waals surface area contributed by atoms with Crippen LogP contribution in [0.25, 0.3) is 0 Å².